The van der Waals surface area contributed by atoms with E-state index in [0.717, 1.165) is 6.07 Å². The van der Waals surface area contributed by atoms with Crippen molar-refractivity contribution < 1.29 is 40.5 Å². The Morgan fingerprint density at radius 1 is 1.33 bits per heavy atom. The standard InChI is InChI=1S/C6H5N3O4S.Ag/c10-6-4(14(11,12)13)2-1-3-5(6)8-9-7-3;/h1-2,10H,(H,7,8,9)(H,11,12,13);/q;+1/p-1. The summed E-state index contributed by atoms with van der Waals surface area (Å²) < 4.78 is 31.9. The van der Waals surface area contributed by atoms with E-state index in [1.807, 2.05) is 0 Å². The van der Waals surface area contributed by atoms with Crippen LogP contribution in [0.25, 0.3) is 11.0 Å². The molecule has 0 atom stereocenters. The van der Waals surface area contributed by atoms with Crippen LogP contribution in [0.1, 0.15) is 0 Å². The van der Waals surface area contributed by atoms with Crippen molar-refractivity contribution in [3.05, 3.63) is 12.1 Å². The number of hydrogen-bond donors (Lipinski definition) is 2. The number of fused-ring (bicyclic) bond motifs is 1. The molecule has 0 aliphatic heterocycles. The predicted molar refractivity (Wildman–Crippen MR) is 43.5 cm³/mol. The van der Waals surface area contributed by atoms with Crippen LogP contribution >= 0.6 is 0 Å². The molecule has 0 saturated heterocycles. The Bertz CT molecular complexity index is 593. The van der Waals surface area contributed by atoms with E-state index in [4.69, 9.17) is 0 Å². The van der Waals surface area contributed by atoms with Gasteiger partial charge in [0.2, 0.25) is 0 Å². The Morgan fingerprint density at radius 3 is 2.60 bits per heavy atom. The van der Waals surface area contributed by atoms with Crippen LogP contribution in [-0.4, -0.2) is 33.5 Å². The van der Waals surface area contributed by atoms with Crippen LogP contribution in [0.4, 0.5) is 0 Å². The number of benzene rings is 1. The van der Waals surface area contributed by atoms with Gasteiger partial charge in [0.05, 0.1) is 4.90 Å². The molecule has 0 fully saturated rings. The number of nitrogens with one attached hydrogen (secondary N) is 1. The van der Waals surface area contributed by atoms with Crippen LogP contribution in [0, 0.1) is 0 Å². The molecule has 2 aromatic rings. The number of aromatic hydroxyl groups is 1. The van der Waals surface area contributed by atoms with Crippen molar-refractivity contribution in [2.45, 2.75) is 4.90 Å². The molecule has 9 heteroatoms. The van der Waals surface area contributed by atoms with E-state index in [9.17, 15) is 18.1 Å². The molecule has 0 bridgehead atoms. The normalized spacial score (nSPS) is 11.3. The molecule has 0 spiro atoms. The van der Waals surface area contributed by atoms with Crippen LogP contribution in [0.5, 0.6) is 5.75 Å². The third-order valence-corrected chi connectivity index (χ3v) is 2.56. The van der Waals surface area contributed by atoms with Crippen molar-refractivity contribution in [1.29, 1.82) is 0 Å². The summed E-state index contributed by atoms with van der Waals surface area (Å²) in [5.74, 6) is -0.675. The Morgan fingerprint density at radius 2 is 2.00 bits per heavy atom. The van der Waals surface area contributed by atoms with E-state index in [1.54, 1.807) is 0 Å². The van der Waals surface area contributed by atoms with Crippen molar-refractivity contribution in [2.75, 3.05) is 0 Å². The van der Waals surface area contributed by atoms with Gasteiger partial charge in [-0.1, -0.05) is 0 Å². The van der Waals surface area contributed by atoms with Crippen LogP contribution < -0.4 is 0 Å². The maximum atomic E-state index is 10.6. The molecular formula is C6H4AgN3O4S. The smallest absolute Gasteiger partial charge is 0.744 e. The molecule has 15 heavy (non-hydrogen) atoms. The summed E-state index contributed by atoms with van der Waals surface area (Å²) in [5.41, 5.74) is 0.247. The van der Waals surface area contributed by atoms with Gasteiger partial charge in [0.25, 0.3) is 0 Å². The number of phenolic OH excluding ortho intramolecular Hbond substituents is 1. The molecule has 0 amide bonds. The summed E-state index contributed by atoms with van der Waals surface area (Å²) in [6.07, 6.45) is 0. The fourth-order valence-corrected chi connectivity index (χ4v) is 1.65. The average Bonchev–Trinajstić information content (AvgIpc) is 2.50. The van der Waals surface area contributed by atoms with E-state index in [1.165, 1.54) is 6.07 Å². The summed E-state index contributed by atoms with van der Waals surface area (Å²) in [4.78, 5) is -0.695. The van der Waals surface area contributed by atoms with Crippen LogP contribution in [-0.2, 0) is 32.5 Å². The molecule has 1 heterocycles. The largest absolute Gasteiger partial charge is 1.00 e. The summed E-state index contributed by atoms with van der Waals surface area (Å²) in [6, 6.07) is 2.27. The molecule has 1 aromatic carbocycles. The van der Waals surface area contributed by atoms with Gasteiger partial charge in [0.15, 0.2) is 11.3 Å². The number of H-pyrrole nitrogens is 1. The molecule has 7 nitrogen and oxygen atoms in total. The Hall–Kier alpha value is -0.930. The molecular weight excluding hydrogens is 318 g/mol. The first-order valence-corrected chi connectivity index (χ1v) is 4.89. The molecule has 0 saturated carbocycles. The van der Waals surface area contributed by atoms with Crippen molar-refractivity contribution in [3.8, 4) is 5.75 Å². The van der Waals surface area contributed by atoms with Crippen LogP contribution in [0.2, 0.25) is 0 Å². The fourth-order valence-electron chi connectivity index (χ4n) is 1.08. The van der Waals surface area contributed by atoms with Gasteiger partial charge in [-0.15, -0.1) is 0 Å². The van der Waals surface area contributed by atoms with E-state index < -0.39 is 20.8 Å². The number of nitrogens with zero attached hydrogens (tertiary/aromatic N) is 2. The third kappa shape index (κ3) is 2.03. The Balaban J connectivity index is 0.00000112. The van der Waals surface area contributed by atoms with Crippen molar-refractivity contribution >= 4 is 21.2 Å². The van der Waals surface area contributed by atoms with Crippen LogP contribution in [0.3, 0.4) is 0 Å². The summed E-state index contributed by atoms with van der Waals surface area (Å²) in [6.45, 7) is 0. The van der Waals surface area contributed by atoms with Gasteiger partial charge in [0.1, 0.15) is 15.6 Å². The number of aromatic amines is 1. The van der Waals surface area contributed by atoms with Gasteiger partial charge in [-0.25, -0.2) is 8.42 Å². The maximum absolute atomic E-state index is 10.6. The van der Waals surface area contributed by atoms with E-state index >= 15 is 0 Å². The number of aromatic nitrogens is 3. The maximum Gasteiger partial charge on any atom is 1.00 e. The van der Waals surface area contributed by atoms with Crippen molar-refractivity contribution in [1.82, 2.24) is 15.4 Å². The zero-order chi connectivity index (χ0) is 10.3. The van der Waals surface area contributed by atoms with Crippen molar-refractivity contribution in [2.24, 2.45) is 0 Å². The van der Waals surface area contributed by atoms with Gasteiger partial charge in [-0.05, 0) is 12.1 Å². The third-order valence-electron chi connectivity index (χ3n) is 1.69. The first-order chi connectivity index (χ1) is 6.50. The summed E-state index contributed by atoms with van der Waals surface area (Å²) >= 11 is 0. The summed E-state index contributed by atoms with van der Waals surface area (Å²) in [7, 11) is -4.68. The minimum absolute atomic E-state index is 0. The number of phenols is 1. The Kier molecular flexibility index (Phi) is 3.16. The van der Waals surface area contributed by atoms with Gasteiger partial charge >= 0.3 is 22.4 Å². The average molecular weight is 322 g/mol. The van der Waals surface area contributed by atoms with Gasteiger partial charge < -0.3 is 9.66 Å². The molecule has 0 aliphatic rings. The molecule has 0 radical (unpaired) electrons. The molecule has 2 rings (SSSR count). The van der Waals surface area contributed by atoms with E-state index in [0.29, 0.717) is 0 Å². The van der Waals surface area contributed by atoms with E-state index in [2.05, 4.69) is 15.4 Å². The fraction of sp³-hybridized carbons (Fsp3) is 0. The number of rotatable bonds is 1. The first-order valence-electron chi connectivity index (χ1n) is 3.48. The zero-order valence-corrected chi connectivity index (χ0v) is 9.23. The SMILES string of the molecule is O=S(=O)([O-])c1ccc2n[nH]nc2c1O.[Ag+]. The minimum Gasteiger partial charge on any atom is -0.744 e. The van der Waals surface area contributed by atoms with E-state index in [-0.39, 0.29) is 33.4 Å². The predicted octanol–water partition coefficient (Wildman–Crippen LogP) is -0.435. The van der Waals surface area contributed by atoms with Crippen LogP contribution in [0.15, 0.2) is 17.0 Å². The quantitative estimate of drug-likeness (QED) is 0.543. The monoisotopic (exact) mass is 321 g/mol. The molecule has 1 aromatic heterocycles. The summed E-state index contributed by atoms with van der Waals surface area (Å²) in [5, 5.41) is 18.7. The molecule has 84 valence electrons. The zero-order valence-electron chi connectivity index (χ0n) is 6.93. The van der Waals surface area contributed by atoms with Gasteiger partial charge in [-0.3, -0.25) is 0 Å². The minimum atomic E-state index is -4.68. The second-order valence-electron chi connectivity index (χ2n) is 2.56. The number of hydrogen-bond acceptors (Lipinski definition) is 6. The molecule has 2 N–H and O–H groups in total. The molecule has 0 aliphatic carbocycles. The second kappa shape index (κ2) is 3.91. The molecule has 0 unspecified atom stereocenters. The Labute approximate surface area is 99.8 Å². The van der Waals surface area contributed by atoms with Gasteiger partial charge in [0, 0.05) is 0 Å². The van der Waals surface area contributed by atoms with Crippen molar-refractivity contribution in [3.63, 3.8) is 0 Å². The first kappa shape index (κ1) is 12.1. The topological polar surface area (TPSA) is 119 Å². The van der Waals surface area contributed by atoms with Gasteiger partial charge in [-0.2, -0.15) is 15.4 Å². The second-order valence-corrected chi connectivity index (χ2v) is 3.91.